The summed E-state index contributed by atoms with van der Waals surface area (Å²) in [6, 6.07) is 5.33. The van der Waals surface area contributed by atoms with Crippen molar-refractivity contribution in [2.24, 2.45) is 0 Å². The molecule has 0 amide bonds. The lowest BCUT2D eigenvalue weighted by Gasteiger charge is -2.06. The minimum Gasteiger partial charge on any atom is -0.460 e. The van der Waals surface area contributed by atoms with Gasteiger partial charge in [0.15, 0.2) is 0 Å². The molecule has 0 atom stereocenters. The zero-order valence-electron chi connectivity index (χ0n) is 11.0. The Hall–Kier alpha value is -1.37. The predicted molar refractivity (Wildman–Crippen MR) is 75.4 cm³/mol. The third kappa shape index (κ3) is 5.73. The summed E-state index contributed by atoms with van der Waals surface area (Å²) in [5, 5.41) is 0. The maximum absolute atomic E-state index is 11.7. The van der Waals surface area contributed by atoms with Crippen LogP contribution in [0.2, 0.25) is 0 Å². The van der Waals surface area contributed by atoms with Crippen LogP contribution < -0.4 is 0 Å². The molecule has 0 N–H and O–H groups in total. The lowest BCUT2D eigenvalue weighted by molar-refractivity contribution is 0.0347. The van der Waals surface area contributed by atoms with Gasteiger partial charge in [0.1, 0.15) is 6.61 Å². The lowest BCUT2D eigenvalue weighted by atomic mass is 10.2. The van der Waals surface area contributed by atoms with Crippen molar-refractivity contribution in [2.75, 3.05) is 19.8 Å². The molecule has 110 valence electrons. The van der Waals surface area contributed by atoms with Crippen LogP contribution in [0.4, 0.5) is 0 Å². The number of ether oxygens (including phenoxy) is 2. The van der Waals surface area contributed by atoms with E-state index in [9.17, 15) is 13.2 Å². The number of benzene rings is 1. The Morgan fingerprint density at radius 1 is 1.35 bits per heavy atom. The van der Waals surface area contributed by atoms with Crippen LogP contribution in [0.1, 0.15) is 17.3 Å². The standard InChI is InChI=1S/C13H15ClO5S/c1-10(2)9-18-6-7-19-13(15)11-4-3-5-12(8-11)20(14,16)17/h3-5,8H,1,6-7,9H2,2H3. The molecule has 20 heavy (non-hydrogen) atoms. The summed E-state index contributed by atoms with van der Waals surface area (Å²) in [6.07, 6.45) is 0. The van der Waals surface area contributed by atoms with E-state index in [0.717, 1.165) is 5.57 Å². The minimum atomic E-state index is -3.87. The number of hydrogen-bond donors (Lipinski definition) is 0. The summed E-state index contributed by atoms with van der Waals surface area (Å²) >= 11 is 0. The first-order valence-electron chi connectivity index (χ1n) is 5.74. The molecule has 0 spiro atoms. The zero-order chi connectivity index (χ0) is 15.2. The molecular formula is C13H15ClO5S. The van der Waals surface area contributed by atoms with E-state index in [1.165, 1.54) is 24.3 Å². The summed E-state index contributed by atoms with van der Waals surface area (Å²) < 4.78 is 32.4. The van der Waals surface area contributed by atoms with Gasteiger partial charge in [-0.1, -0.05) is 18.2 Å². The van der Waals surface area contributed by atoms with Gasteiger partial charge in [-0.05, 0) is 25.1 Å². The average molecular weight is 319 g/mol. The van der Waals surface area contributed by atoms with Crippen LogP contribution in [0.25, 0.3) is 0 Å². The molecule has 0 aliphatic carbocycles. The van der Waals surface area contributed by atoms with Gasteiger partial charge in [0.05, 0.1) is 23.7 Å². The quantitative estimate of drug-likeness (QED) is 0.334. The van der Waals surface area contributed by atoms with Gasteiger partial charge in [-0.25, -0.2) is 13.2 Å². The molecule has 0 heterocycles. The van der Waals surface area contributed by atoms with Crippen LogP contribution in [-0.4, -0.2) is 34.2 Å². The van der Waals surface area contributed by atoms with Gasteiger partial charge in [-0.3, -0.25) is 0 Å². The number of halogens is 1. The van der Waals surface area contributed by atoms with Gasteiger partial charge in [-0.2, -0.15) is 0 Å². The number of hydrogen-bond acceptors (Lipinski definition) is 5. The molecule has 0 radical (unpaired) electrons. The largest absolute Gasteiger partial charge is 0.460 e. The molecule has 1 aromatic carbocycles. The van der Waals surface area contributed by atoms with Crippen LogP contribution in [0, 0.1) is 0 Å². The molecule has 5 nitrogen and oxygen atoms in total. The number of carbonyl (C=O) groups is 1. The van der Waals surface area contributed by atoms with E-state index in [2.05, 4.69) is 6.58 Å². The maximum Gasteiger partial charge on any atom is 0.338 e. The van der Waals surface area contributed by atoms with Gasteiger partial charge in [-0.15, -0.1) is 0 Å². The molecule has 0 saturated carbocycles. The van der Waals surface area contributed by atoms with Crippen LogP contribution in [0.15, 0.2) is 41.3 Å². The molecule has 1 aromatic rings. The Labute approximate surface area is 122 Å². The van der Waals surface area contributed by atoms with Gasteiger partial charge < -0.3 is 9.47 Å². The third-order valence-corrected chi connectivity index (χ3v) is 3.51. The van der Waals surface area contributed by atoms with Gasteiger partial charge in [0.25, 0.3) is 9.05 Å². The second-order valence-corrected chi connectivity index (χ2v) is 6.68. The molecular weight excluding hydrogens is 304 g/mol. The summed E-state index contributed by atoms with van der Waals surface area (Å²) in [4.78, 5) is 11.5. The lowest BCUT2D eigenvalue weighted by Crippen LogP contribution is -2.11. The molecule has 0 aliphatic rings. The second kappa shape index (κ2) is 7.42. The fraction of sp³-hybridized carbons (Fsp3) is 0.308. The smallest absolute Gasteiger partial charge is 0.338 e. The molecule has 0 aliphatic heterocycles. The second-order valence-electron chi connectivity index (χ2n) is 4.11. The van der Waals surface area contributed by atoms with Crippen molar-refractivity contribution in [2.45, 2.75) is 11.8 Å². The topological polar surface area (TPSA) is 69.7 Å². The SMILES string of the molecule is C=C(C)COCCOC(=O)c1cccc(S(=O)(=O)Cl)c1. The average Bonchev–Trinajstić information content (AvgIpc) is 2.37. The summed E-state index contributed by atoms with van der Waals surface area (Å²) in [5.41, 5.74) is 0.989. The van der Waals surface area contributed by atoms with Crippen molar-refractivity contribution in [1.29, 1.82) is 0 Å². The van der Waals surface area contributed by atoms with Gasteiger partial charge in [0, 0.05) is 10.7 Å². The zero-order valence-corrected chi connectivity index (χ0v) is 12.5. The first kappa shape index (κ1) is 16.7. The predicted octanol–water partition coefficient (Wildman–Crippen LogP) is 2.36. The molecule has 0 unspecified atom stereocenters. The normalized spacial score (nSPS) is 11.1. The van der Waals surface area contributed by atoms with E-state index in [0.29, 0.717) is 6.61 Å². The molecule has 0 saturated heterocycles. The molecule has 0 fully saturated rings. The highest BCUT2D eigenvalue weighted by Crippen LogP contribution is 2.16. The maximum atomic E-state index is 11.7. The van der Waals surface area contributed by atoms with Crippen LogP contribution in [-0.2, 0) is 18.5 Å². The van der Waals surface area contributed by atoms with E-state index < -0.39 is 15.0 Å². The molecule has 1 rings (SSSR count). The number of carbonyl (C=O) groups excluding carboxylic acids is 1. The Morgan fingerprint density at radius 2 is 2.05 bits per heavy atom. The Balaban J connectivity index is 2.54. The van der Waals surface area contributed by atoms with Crippen LogP contribution in [0.5, 0.6) is 0 Å². The highest BCUT2D eigenvalue weighted by Gasteiger charge is 2.14. The van der Waals surface area contributed by atoms with Crippen molar-refractivity contribution in [3.8, 4) is 0 Å². The first-order valence-corrected chi connectivity index (χ1v) is 8.05. The highest BCUT2D eigenvalue weighted by atomic mass is 35.7. The van der Waals surface area contributed by atoms with Crippen molar-refractivity contribution in [3.05, 3.63) is 42.0 Å². The van der Waals surface area contributed by atoms with Gasteiger partial charge >= 0.3 is 5.97 Å². The summed E-state index contributed by atoms with van der Waals surface area (Å²) in [7, 11) is 1.33. The van der Waals surface area contributed by atoms with E-state index in [-0.39, 0.29) is 23.7 Å². The molecule has 0 bridgehead atoms. The minimum absolute atomic E-state index is 0.0734. The van der Waals surface area contributed by atoms with Crippen LogP contribution >= 0.6 is 10.7 Å². The van der Waals surface area contributed by atoms with Crippen molar-refractivity contribution in [3.63, 3.8) is 0 Å². The van der Waals surface area contributed by atoms with Crippen molar-refractivity contribution >= 4 is 25.7 Å². The number of rotatable bonds is 7. The third-order valence-electron chi connectivity index (χ3n) is 2.16. The monoisotopic (exact) mass is 318 g/mol. The Morgan fingerprint density at radius 3 is 2.65 bits per heavy atom. The van der Waals surface area contributed by atoms with E-state index >= 15 is 0 Å². The van der Waals surface area contributed by atoms with E-state index in [1.807, 2.05) is 6.92 Å². The van der Waals surface area contributed by atoms with E-state index in [1.54, 1.807) is 0 Å². The summed E-state index contributed by atoms with van der Waals surface area (Å²) in [5.74, 6) is -0.633. The van der Waals surface area contributed by atoms with Crippen LogP contribution in [0.3, 0.4) is 0 Å². The number of esters is 1. The Bertz CT molecular complexity index is 595. The molecule has 0 aromatic heterocycles. The van der Waals surface area contributed by atoms with Crippen molar-refractivity contribution in [1.82, 2.24) is 0 Å². The molecule has 7 heteroatoms. The Kier molecular flexibility index (Phi) is 6.19. The fourth-order valence-electron chi connectivity index (χ4n) is 1.30. The van der Waals surface area contributed by atoms with Gasteiger partial charge in [0.2, 0.25) is 0 Å². The highest BCUT2D eigenvalue weighted by molar-refractivity contribution is 8.13. The van der Waals surface area contributed by atoms with Crippen molar-refractivity contribution < 1.29 is 22.7 Å². The fourth-order valence-corrected chi connectivity index (χ4v) is 2.09. The summed E-state index contributed by atoms with van der Waals surface area (Å²) in [6.45, 7) is 6.21. The first-order chi connectivity index (χ1) is 9.30. The van der Waals surface area contributed by atoms with E-state index in [4.69, 9.17) is 20.2 Å².